The number of cyclic esters (lactones) is 1. The standard InChI is InChI=1S/C8H14BrNO2/c1-2-3-4-10-6-7(5-9)12-8(10)11/h7H,2-6H2,1H3. The summed E-state index contributed by atoms with van der Waals surface area (Å²) in [6.45, 7) is 3.69. The molecule has 0 bridgehead atoms. The Morgan fingerprint density at radius 3 is 3.00 bits per heavy atom. The largest absolute Gasteiger partial charge is 0.443 e. The number of amides is 1. The summed E-state index contributed by atoms with van der Waals surface area (Å²) in [5.41, 5.74) is 0. The van der Waals surface area contributed by atoms with E-state index in [1.165, 1.54) is 0 Å². The van der Waals surface area contributed by atoms with Gasteiger partial charge >= 0.3 is 6.09 Å². The molecular weight excluding hydrogens is 222 g/mol. The molecule has 1 aliphatic heterocycles. The quantitative estimate of drug-likeness (QED) is 0.698. The normalized spacial score (nSPS) is 23.0. The molecule has 0 aromatic carbocycles. The van der Waals surface area contributed by atoms with Crippen LogP contribution in [0.5, 0.6) is 0 Å². The molecule has 3 nitrogen and oxygen atoms in total. The second kappa shape index (κ2) is 4.70. The topological polar surface area (TPSA) is 29.5 Å². The summed E-state index contributed by atoms with van der Waals surface area (Å²) < 4.78 is 5.06. The average Bonchev–Trinajstić information content (AvgIpc) is 2.43. The minimum Gasteiger partial charge on any atom is -0.443 e. The molecule has 1 atom stereocenters. The maximum Gasteiger partial charge on any atom is 0.410 e. The van der Waals surface area contributed by atoms with Gasteiger partial charge in [0.2, 0.25) is 0 Å². The number of ether oxygens (including phenoxy) is 1. The summed E-state index contributed by atoms with van der Waals surface area (Å²) in [6, 6.07) is 0. The smallest absolute Gasteiger partial charge is 0.410 e. The van der Waals surface area contributed by atoms with E-state index in [2.05, 4.69) is 22.9 Å². The van der Waals surface area contributed by atoms with E-state index in [0.717, 1.165) is 31.3 Å². The number of hydrogen-bond acceptors (Lipinski definition) is 2. The molecule has 0 saturated carbocycles. The molecule has 1 unspecified atom stereocenters. The minimum absolute atomic E-state index is 0.0503. The van der Waals surface area contributed by atoms with Gasteiger partial charge in [0.25, 0.3) is 0 Å². The van der Waals surface area contributed by atoms with Crippen molar-refractivity contribution in [1.82, 2.24) is 4.90 Å². The molecule has 1 saturated heterocycles. The molecule has 0 N–H and O–H groups in total. The van der Waals surface area contributed by atoms with Crippen LogP contribution >= 0.6 is 15.9 Å². The highest BCUT2D eigenvalue weighted by Crippen LogP contribution is 2.13. The van der Waals surface area contributed by atoms with Crippen LogP contribution < -0.4 is 0 Å². The number of hydrogen-bond donors (Lipinski definition) is 0. The Labute approximate surface area is 81.2 Å². The fraction of sp³-hybridized carbons (Fsp3) is 0.875. The summed E-state index contributed by atoms with van der Waals surface area (Å²) in [5.74, 6) is 0. The van der Waals surface area contributed by atoms with Gasteiger partial charge in [0.15, 0.2) is 0 Å². The molecule has 4 heteroatoms. The van der Waals surface area contributed by atoms with Crippen LogP contribution in [0.25, 0.3) is 0 Å². The lowest BCUT2D eigenvalue weighted by atomic mass is 10.3. The van der Waals surface area contributed by atoms with Crippen molar-refractivity contribution in [2.24, 2.45) is 0 Å². The molecule has 1 heterocycles. The molecule has 12 heavy (non-hydrogen) atoms. The first kappa shape index (κ1) is 9.84. The van der Waals surface area contributed by atoms with E-state index in [1.807, 2.05) is 0 Å². The summed E-state index contributed by atoms with van der Waals surface area (Å²) >= 11 is 3.30. The van der Waals surface area contributed by atoms with Crippen molar-refractivity contribution in [2.75, 3.05) is 18.4 Å². The van der Waals surface area contributed by atoms with Crippen LogP contribution in [0.3, 0.4) is 0 Å². The Bertz CT molecular complexity index is 163. The van der Waals surface area contributed by atoms with E-state index < -0.39 is 0 Å². The van der Waals surface area contributed by atoms with E-state index in [1.54, 1.807) is 4.90 Å². The molecule has 0 radical (unpaired) electrons. The summed E-state index contributed by atoms with van der Waals surface area (Å²) in [6.07, 6.45) is 2.06. The van der Waals surface area contributed by atoms with Gasteiger partial charge in [-0.1, -0.05) is 29.3 Å². The van der Waals surface area contributed by atoms with E-state index in [-0.39, 0.29) is 12.2 Å². The molecule has 1 rings (SSSR count). The second-order valence-corrected chi connectivity index (χ2v) is 3.61. The number of nitrogens with zero attached hydrogens (tertiary/aromatic N) is 1. The third-order valence-corrected chi connectivity index (χ3v) is 2.63. The summed E-state index contributed by atoms with van der Waals surface area (Å²) in [4.78, 5) is 12.9. The second-order valence-electron chi connectivity index (χ2n) is 2.96. The van der Waals surface area contributed by atoms with Crippen molar-refractivity contribution in [3.8, 4) is 0 Å². The van der Waals surface area contributed by atoms with Crippen molar-refractivity contribution in [2.45, 2.75) is 25.9 Å². The predicted octanol–water partition coefficient (Wildman–Crippen LogP) is 2.00. The fourth-order valence-electron chi connectivity index (χ4n) is 1.19. The highest BCUT2D eigenvalue weighted by molar-refractivity contribution is 9.09. The lowest BCUT2D eigenvalue weighted by Crippen LogP contribution is -2.26. The molecule has 1 amide bonds. The monoisotopic (exact) mass is 235 g/mol. The average molecular weight is 236 g/mol. The number of rotatable bonds is 4. The van der Waals surface area contributed by atoms with Crippen LogP contribution in [0.4, 0.5) is 4.79 Å². The van der Waals surface area contributed by atoms with Crippen LogP contribution in [0, 0.1) is 0 Å². The van der Waals surface area contributed by atoms with Gasteiger partial charge in [-0.3, -0.25) is 0 Å². The van der Waals surface area contributed by atoms with Crippen LogP contribution in [0.1, 0.15) is 19.8 Å². The van der Waals surface area contributed by atoms with E-state index in [9.17, 15) is 4.79 Å². The fourth-order valence-corrected chi connectivity index (χ4v) is 1.52. The zero-order valence-corrected chi connectivity index (χ0v) is 8.84. The molecule has 70 valence electrons. The first-order valence-corrected chi connectivity index (χ1v) is 5.41. The third kappa shape index (κ3) is 2.37. The molecule has 0 spiro atoms. The van der Waals surface area contributed by atoms with Gasteiger partial charge in [-0.05, 0) is 6.42 Å². The van der Waals surface area contributed by atoms with Crippen molar-refractivity contribution in [1.29, 1.82) is 0 Å². The van der Waals surface area contributed by atoms with Crippen LogP contribution in [-0.2, 0) is 4.74 Å². The number of carbonyl (C=O) groups is 1. The Morgan fingerprint density at radius 2 is 2.50 bits per heavy atom. The Balaban J connectivity index is 2.31. The minimum atomic E-state index is -0.159. The Morgan fingerprint density at radius 1 is 1.75 bits per heavy atom. The van der Waals surface area contributed by atoms with Crippen molar-refractivity contribution in [3.63, 3.8) is 0 Å². The Hall–Kier alpha value is -0.250. The molecule has 0 aliphatic carbocycles. The van der Waals surface area contributed by atoms with Gasteiger partial charge < -0.3 is 9.64 Å². The van der Waals surface area contributed by atoms with Crippen molar-refractivity contribution in [3.05, 3.63) is 0 Å². The van der Waals surface area contributed by atoms with Crippen molar-refractivity contribution >= 4 is 22.0 Å². The first-order valence-electron chi connectivity index (χ1n) is 4.29. The van der Waals surface area contributed by atoms with Crippen molar-refractivity contribution < 1.29 is 9.53 Å². The van der Waals surface area contributed by atoms with Crippen LogP contribution in [0.15, 0.2) is 0 Å². The highest BCUT2D eigenvalue weighted by atomic mass is 79.9. The molecule has 0 aromatic heterocycles. The van der Waals surface area contributed by atoms with Gasteiger partial charge in [0, 0.05) is 11.9 Å². The van der Waals surface area contributed by atoms with Gasteiger partial charge in [-0.15, -0.1) is 0 Å². The van der Waals surface area contributed by atoms with Gasteiger partial charge in [0.05, 0.1) is 6.54 Å². The Kier molecular flexibility index (Phi) is 3.85. The van der Waals surface area contributed by atoms with Crippen LogP contribution in [0.2, 0.25) is 0 Å². The zero-order valence-electron chi connectivity index (χ0n) is 7.25. The number of alkyl halides is 1. The van der Waals surface area contributed by atoms with E-state index in [4.69, 9.17) is 4.74 Å². The predicted molar refractivity (Wildman–Crippen MR) is 50.5 cm³/mol. The molecule has 0 aromatic rings. The lowest BCUT2D eigenvalue weighted by molar-refractivity contribution is 0.140. The van der Waals surface area contributed by atoms with Gasteiger partial charge in [-0.2, -0.15) is 0 Å². The zero-order chi connectivity index (χ0) is 8.97. The molecule has 1 fully saturated rings. The number of unbranched alkanes of at least 4 members (excludes halogenated alkanes) is 1. The maximum atomic E-state index is 11.1. The van der Waals surface area contributed by atoms with E-state index in [0.29, 0.717) is 0 Å². The van der Waals surface area contributed by atoms with E-state index >= 15 is 0 Å². The SMILES string of the molecule is CCCCN1CC(CBr)OC1=O. The third-order valence-electron chi connectivity index (χ3n) is 1.90. The summed E-state index contributed by atoms with van der Waals surface area (Å²) in [5, 5.41) is 0.737. The van der Waals surface area contributed by atoms with Gasteiger partial charge in [0.1, 0.15) is 6.10 Å². The maximum absolute atomic E-state index is 11.1. The van der Waals surface area contributed by atoms with Gasteiger partial charge in [-0.25, -0.2) is 4.79 Å². The lowest BCUT2D eigenvalue weighted by Gasteiger charge is -2.10. The number of halogens is 1. The summed E-state index contributed by atoms with van der Waals surface area (Å²) in [7, 11) is 0. The highest BCUT2D eigenvalue weighted by Gasteiger charge is 2.29. The molecular formula is C8H14BrNO2. The first-order chi connectivity index (χ1) is 5.77. The van der Waals surface area contributed by atoms with Crippen LogP contribution in [-0.4, -0.2) is 35.5 Å². The molecule has 1 aliphatic rings. The number of carbonyl (C=O) groups excluding carboxylic acids is 1.